The predicted molar refractivity (Wildman–Crippen MR) is 114 cm³/mol. The maximum Gasteiger partial charge on any atom is 0.338 e. The highest BCUT2D eigenvalue weighted by Gasteiger charge is 2.24. The molecule has 0 saturated heterocycles. The molecule has 0 aliphatic carbocycles. The average molecular weight is 457 g/mol. The van der Waals surface area contributed by atoms with Crippen molar-refractivity contribution in [3.05, 3.63) is 72.0 Å². The van der Waals surface area contributed by atoms with E-state index in [1.807, 2.05) is 0 Å². The largest absolute Gasteiger partial charge is 0.462 e. The quantitative estimate of drug-likeness (QED) is 0.433. The standard InChI is InChI=1S/C21H16N2O6S2/c1-2-28-20(25)13-8-9-15-17(12-13)30-21(22-15)23-19(24)16-10-11-18(29-16)31(26,27)14-6-4-3-5-7-14/h3-12H,2H2,1H3,(H,22,23,24). The van der Waals surface area contributed by atoms with Crippen molar-refractivity contribution in [3.63, 3.8) is 0 Å². The number of thiazole rings is 1. The fourth-order valence-corrected chi connectivity index (χ4v) is 4.88. The second kappa shape index (κ2) is 8.32. The lowest BCUT2D eigenvalue weighted by atomic mass is 10.2. The van der Waals surface area contributed by atoms with Crippen molar-refractivity contribution >= 4 is 48.4 Å². The first-order chi connectivity index (χ1) is 14.9. The third-order valence-corrected chi connectivity index (χ3v) is 6.82. The summed E-state index contributed by atoms with van der Waals surface area (Å²) in [5.74, 6) is -1.24. The highest BCUT2D eigenvalue weighted by Crippen LogP contribution is 2.28. The SMILES string of the molecule is CCOC(=O)c1ccc2nc(NC(=O)c3ccc(S(=O)(=O)c4ccccc4)o3)sc2c1. The molecule has 0 aliphatic heterocycles. The van der Waals surface area contributed by atoms with Crippen molar-refractivity contribution < 1.29 is 27.2 Å². The van der Waals surface area contributed by atoms with Crippen molar-refractivity contribution in [1.29, 1.82) is 0 Å². The number of rotatable bonds is 6. The van der Waals surface area contributed by atoms with Crippen molar-refractivity contribution in [3.8, 4) is 0 Å². The average Bonchev–Trinajstić information content (AvgIpc) is 3.41. The van der Waals surface area contributed by atoms with E-state index in [9.17, 15) is 18.0 Å². The van der Waals surface area contributed by atoms with E-state index in [0.29, 0.717) is 15.8 Å². The van der Waals surface area contributed by atoms with Crippen LogP contribution in [0.1, 0.15) is 27.8 Å². The topological polar surface area (TPSA) is 116 Å². The predicted octanol–water partition coefficient (Wildman–Crippen LogP) is 4.15. The maximum absolute atomic E-state index is 12.6. The molecule has 1 amide bonds. The van der Waals surface area contributed by atoms with Gasteiger partial charge in [0.05, 0.1) is 27.3 Å². The summed E-state index contributed by atoms with van der Waals surface area (Å²) in [4.78, 5) is 28.8. The van der Waals surface area contributed by atoms with Crippen LogP contribution in [0, 0.1) is 0 Å². The molecule has 158 valence electrons. The summed E-state index contributed by atoms with van der Waals surface area (Å²) in [5.41, 5.74) is 0.984. The van der Waals surface area contributed by atoms with Crippen molar-refractivity contribution in [1.82, 2.24) is 4.98 Å². The second-order valence-corrected chi connectivity index (χ2v) is 9.22. The fraction of sp³-hybridized carbons (Fsp3) is 0.0952. The number of amides is 1. The lowest BCUT2D eigenvalue weighted by molar-refractivity contribution is 0.0526. The number of hydrogen-bond acceptors (Lipinski definition) is 8. The molecule has 0 radical (unpaired) electrons. The molecule has 8 nitrogen and oxygen atoms in total. The molecule has 2 aromatic heterocycles. The highest BCUT2D eigenvalue weighted by atomic mass is 32.2. The van der Waals surface area contributed by atoms with Gasteiger partial charge in [-0.25, -0.2) is 18.2 Å². The summed E-state index contributed by atoms with van der Waals surface area (Å²) in [6.07, 6.45) is 0. The molecule has 0 spiro atoms. The summed E-state index contributed by atoms with van der Waals surface area (Å²) < 4.78 is 36.2. The van der Waals surface area contributed by atoms with Gasteiger partial charge in [-0.3, -0.25) is 10.1 Å². The molecule has 10 heteroatoms. The number of nitrogens with one attached hydrogen (secondary N) is 1. The van der Waals surface area contributed by atoms with Crippen molar-refractivity contribution in [2.75, 3.05) is 11.9 Å². The Labute approximate surface area is 181 Å². The number of nitrogens with zero attached hydrogens (tertiary/aromatic N) is 1. The first-order valence-electron chi connectivity index (χ1n) is 9.17. The van der Waals surface area contributed by atoms with E-state index in [4.69, 9.17) is 9.15 Å². The molecular weight excluding hydrogens is 440 g/mol. The molecule has 4 rings (SSSR count). The number of esters is 1. The maximum atomic E-state index is 12.6. The van der Waals surface area contributed by atoms with Crippen LogP contribution in [0.4, 0.5) is 5.13 Å². The van der Waals surface area contributed by atoms with Crippen LogP contribution in [0.25, 0.3) is 10.2 Å². The summed E-state index contributed by atoms with van der Waals surface area (Å²) in [5, 5.41) is 2.55. The molecular formula is C21H16N2O6S2. The Morgan fingerprint density at radius 2 is 1.87 bits per heavy atom. The molecule has 0 unspecified atom stereocenters. The zero-order chi connectivity index (χ0) is 22.0. The first kappa shape index (κ1) is 20.8. The molecule has 2 heterocycles. The fourth-order valence-electron chi connectivity index (χ4n) is 2.78. The lowest BCUT2D eigenvalue weighted by Crippen LogP contribution is -2.10. The third kappa shape index (κ3) is 4.21. The minimum atomic E-state index is -3.87. The van der Waals surface area contributed by atoms with Crippen molar-refractivity contribution in [2.24, 2.45) is 0 Å². The number of aromatic nitrogens is 1. The monoisotopic (exact) mass is 456 g/mol. The Hall–Kier alpha value is -3.50. The van der Waals surface area contributed by atoms with Crippen LogP contribution in [-0.4, -0.2) is 31.9 Å². The van der Waals surface area contributed by atoms with E-state index in [2.05, 4.69) is 10.3 Å². The van der Waals surface area contributed by atoms with Gasteiger partial charge in [-0.05, 0) is 49.4 Å². The van der Waals surface area contributed by atoms with Crippen LogP contribution in [-0.2, 0) is 14.6 Å². The number of carbonyl (C=O) groups excluding carboxylic acids is 2. The molecule has 4 aromatic rings. The molecule has 0 bridgehead atoms. The van der Waals surface area contributed by atoms with Gasteiger partial charge in [0.2, 0.25) is 14.9 Å². The molecule has 1 N–H and O–H groups in total. The normalized spacial score (nSPS) is 11.4. The van der Waals surface area contributed by atoms with Gasteiger partial charge >= 0.3 is 5.97 Å². The molecule has 0 saturated carbocycles. The number of furan rings is 1. The molecule has 31 heavy (non-hydrogen) atoms. The van der Waals surface area contributed by atoms with E-state index in [1.165, 1.54) is 35.6 Å². The van der Waals surface area contributed by atoms with Gasteiger partial charge < -0.3 is 9.15 Å². The van der Waals surface area contributed by atoms with Gasteiger partial charge in [0.1, 0.15) is 0 Å². The van der Waals surface area contributed by atoms with Gasteiger partial charge in [0.15, 0.2) is 10.9 Å². The van der Waals surface area contributed by atoms with Crippen LogP contribution in [0.3, 0.4) is 0 Å². The highest BCUT2D eigenvalue weighted by molar-refractivity contribution is 7.91. The molecule has 0 aliphatic rings. The summed E-state index contributed by atoms with van der Waals surface area (Å²) in [7, 11) is -3.87. The molecule has 0 atom stereocenters. The number of sulfone groups is 1. The zero-order valence-corrected chi connectivity index (χ0v) is 17.8. The molecule has 0 fully saturated rings. The van der Waals surface area contributed by atoms with E-state index in [-0.39, 0.29) is 27.5 Å². The number of fused-ring (bicyclic) bond motifs is 1. The van der Waals surface area contributed by atoms with Gasteiger partial charge in [0.25, 0.3) is 5.91 Å². The summed E-state index contributed by atoms with van der Waals surface area (Å²) in [6, 6.07) is 15.2. The van der Waals surface area contributed by atoms with E-state index in [0.717, 1.165) is 0 Å². The van der Waals surface area contributed by atoms with E-state index in [1.54, 1.807) is 43.3 Å². The summed E-state index contributed by atoms with van der Waals surface area (Å²) in [6.45, 7) is 1.99. The number of carbonyl (C=O) groups is 2. The second-order valence-electron chi connectivity index (χ2n) is 6.31. The Morgan fingerprint density at radius 1 is 1.10 bits per heavy atom. The van der Waals surface area contributed by atoms with Gasteiger partial charge in [-0.15, -0.1) is 0 Å². The Kier molecular flexibility index (Phi) is 5.57. The van der Waals surface area contributed by atoms with Crippen LogP contribution in [0.15, 0.2) is 75.1 Å². The Balaban J connectivity index is 1.54. The van der Waals surface area contributed by atoms with Crippen LogP contribution < -0.4 is 5.32 Å². The number of hydrogen-bond donors (Lipinski definition) is 1. The minimum absolute atomic E-state index is 0.0693. The number of anilines is 1. The smallest absolute Gasteiger partial charge is 0.338 e. The van der Waals surface area contributed by atoms with Gasteiger partial charge in [0, 0.05) is 0 Å². The van der Waals surface area contributed by atoms with Crippen LogP contribution in [0.5, 0.6) is 0 Å². The van der Waals surface area contributed by atoms with Crippen LogP contribution >= 0.6 is 11.3 Å². The van der Waals surface area contributed by atoms with E-state index < -0.39 is 21.7 Å². The Morgan fingerprint density at radius 3 is 2.61 bits per heavy atom. The summed E-state index contributed by atoms with van der Waals surface area (Å²) >= 11 is 1.17. The Bertz CT molecular complexity index is 1370. The van der Waals surface area contributed by atoms with Crippen LogP contribution in [0.2, 0.25) is 0 Å². The minimum Gasteiger partial charge on any atom is -0.462 e. The third-order valence-electron chi connectivity index (χ3n) is 4.24. The number of ether oxygens (including phenoxy) is 1. The van der Waals surface area contributed by atoms with Gasteiger partial charge in [-0.2, -0.15) is 0 Å². The van der Waals surface area contributed by atoms with Crippen molar-refractivity contribution in [2.45, 2.75) is 16.9 Å². The zero-order valence-electron chi connectivity index (χ0n) is 16.2. The van der Waals surface area contributed by atoms with Gasteiger partial charge in [-0.1, -0.05) is 29.5 Å². The first-order valence-corrected chi connectivity index (χ1v) is 11.5. The molecule has 2 aromatic carbocycles. The van der Waals surface area contributed by atoms with E-state index >= 15 is 0 Å². The number of benzene rings is 2. The lowest BCUT2D eigenvalue weighted by Gasteiger charge is -2.01.